The minimum atomic E-state index is -0.767. The summed E-state index contributed by atoms with van der Waals surface area (Å²) in [6.07, 6.45) is -0.330. The van der Waals surface area contributed by atoms with Crippen LogP contribution >= 0.6 is 23.2 Å². The van der Waals surface area contributed by atoms with E-state index in [9.17, 15) is 5.11 Å². The molecule has 0 spiro atoms. The Labute approximate surface area is 108 Å². The number of benzene rings is 1. The number of nitrogens with zero attached hydrogens (tertiary/aromatic N) is 2. The van der Waals surface area contributed by atoms with Crippen LogP contribution in [0.25, 0.3) is 0 Å². The second-order valence-corrected chi connectivity index (χ2v) is 4.48. The van der Waals surface area contributed by atoms with Gasteiger partial charge in [-0.05, 0) is 24.6 Å². The van der Waals surface area contributed by atoms with E-state index in [0.717, 1.165) is 5.56 Å². The van der Waals surface area contributed by atoms with Crippen LogP contribution in [0.2, 0.25) is 10.0 Å². The van der Waals surface area contributed by atoms with Gasteiger partial charge in [0.1, 0.15) is 6.10 Å². The quantitative estimate of drug-likeness (QED) is 0.933. The van der Waals surface area contributed by atoms with E-state index in [0.29, 0.717) is 22.3 Å². The van der Waals surface area contributed by atoms with Gasteiger partial charge in [-0.15, -0.1) is 0 Å². The number of hydrogen-bond acceptors (Lipinski definition) is 4. The van der Waals surface area contributed by atoms with Crippen LogP contribution < -0.4 is 0 Å². The van der Waals surface area contributed by atoms with Gasteiger partial charge in [0, 0.05) is 16.5 Å². The average molecular weight is 273 g/mol. The van der Waals surface area contributed by atoms with E-state index < -0.39 is 6.10 Å². The monoisotopic (exact) mass is 272 g/mol. The fraction of sp³-hybridized carbons (Fsp3) is 0.273. The highest BCUT2D eigenvalue weighted by Crippen LogP contribution is 2.23. The van der Waals surface area contributed by atoms with Gasteiger partial charge in [-0.25, -0.2) is 0 Å². The molecule has 6 heteroatoms. The minimum absolute atomic E-state index is 0.199. The molecule has 2 rings (SSSR count). The first-order valence-corrected chi connectivity index (χ1v) is 5.76. The highest BCUT2D eigenvalue weighted by Gasteiger charge is 2.12. The summed E-state index contributed by atoms with van der Waals surface area (Å²) in [6.45, 7) is 1.56. The van der Waals surface area contributed by atoms with Crippen molar-refractivity contribution in [2.45, 2.75) is 19.4 Å². The predicted molar refractivity (Wildman–Crippen MR) is 64.2 cm³/mol. The Morgan fingerprint density at radius 1 is 1.41 bits per heavy atom. The third kappa shape index (κ3) is 2.97. The number of aliphatic hydroxyl groups excluding tert-OH is 1. The molecular weight excluding hydrogens is 263 g/mol. The molecule has 4 nitrogen and oxygen atoms in total. The Bertz CT molecular complexity index is 526. The second-order valence-electron chi connectivity index (χ2n) is 3.64. The molecule has 2 aromatic rings. The molecule has 1 heterocycles. The Hall–Kier alpha value is -1.10. The number of halogens is 2. The molecule has 0 bridgehead atoms. The smallest absolute Gasteiger partial charge is 0.255 e. The summed E-state index contributed by atoms with van der Waals surface area (Å²) in [4.78, 5) is 4.05. The highest BCUT2D eigenvalue weighted by molar-refractivity contribution is 6.35. The van der Waals surface area contributed by atoms with Crippen LogP contribution in [0.5, 0.6) is 0 Å². The lowest BCUT2D eigenvalue weighted by molar-refractivity contribution is 0.151. The molecule has 0 saturated heterocycles. The molecule has 0 radical (unpaired) electrons. The van der Waals surface area contributed by atoms with E-state index in [1.54, 1.807) is 19.1 Å². The molecule has 1 unspecified atom stereocenters. The van der Waals surface area contributed by atoms with Gasteiger partial charge < -0.3 is 9.63 Å². The Morgan fingerprint density at radius 3 is 2.76 bits per heavy atom. The summed E-state index contributed by atoms with van der Waals surface area (Å²) in [5.74, 6) is 0.676. The van der Waals surface area contributed by atoms with Gasteiger partial charge in [-0.3, -0.25) is 0 Å². The summed E-state index contributed by atoms with van der Waals surface area (Å²) in [5, 5.41) is 14.1. The molecular formula is C11H10Cl2N2O2. The van der Waals surface area contributed by atoms with Crippen LogP contribution in [0.3, 0.4) is 0 Å². The summed E-state index contributed by atoms with van der Waals surface area (Å²) in [6, 6.07) is 5.22. The van der Waals surface area contributed by atoms with Crippen LogP contribution in [0.4, 0.5) is 0 Å². The Kier molecular flexibility index (Phi) is 3.66. The average Bonchev–Trinajstić information content (AvgIpc) is 2.71. The molecule has 0 amide bonds. The third-order valence-electron chi connectivity index (χ3n) is 2.20. The van der Waals surface area contributed by atoms with Gasteiger partial charge in [0.15, 0.2) is 5.82 Å². The van der Waals surface area contributed by atoms with Crippen LogP contribution in [0, 0.1) is 0 Å². The Morgan fingerprint density at radius 2 is 2.18 bits per heavy atom. The summed E-state index contributed by atoms with van der Waals surface area (Å²) in [7, 11) is 0. The van der Waals surface area contributed by atoms with Crippen molar-refractivity contribution in [2.24, 2.45) is 0 Å². The molecule has 0 aliphatic carbocycles. The fourth-order valence-corrected chi connectivity index (χ4v) is 1.82. The SMILES string of the molecule is CC(O)c1nc(Cc2ccc(Cl)cc2Cl)no1. The standard InChI is InChI=1S/C11H10Cl2N2O2/c1-6(16)11-14-10(15-17-11)4-7-2-3-8(12)5-9(7)13/h2-3,5-6,16H,4H2,1H3. The molecule has 0 aliphatic rings. The topological polar surface area (TPSA) is 59.2 Å². The third-order valence-corrected chi connectivity index (χ3v) is 2.79. The predicted octanol–water partition coefficient (Wildman–Crippen LogP) is 3.02. The van der Waals surface area contributed by atoms with Crippen LogP contribution in [-0.2, 0) is 6.42 Å². The van der Waals surface area contributed by atoms with E-state index in [4.69, 9.17) is 27.7 Å². The summed E-state index contributed by atoms with van der Waals surface area (Å²) < 4.78 is 4.88. The number of hydrogen-bond donors (Lipinski definition) is 1. The van der Waals surface area contributed by atoms with E-state index in [2.05, 4.69) is 10.1 Å². The van der Waals surface area contributed by atoms with Crippen molar-refractivity contribution in [2.75, 3.05) is 0 Å². The van der Waals surface area contributed by atoms with Crippen molar-refractivity contribution >= 4 is 23.2 Å². The molecule has 1 atom stereocenters. The molecule has 0 fully saturated rings. The molecule has 17 heavy (non-hydrogen) atoms. The lowest BCUT2D eigenvalue weighted by Crippen LogP contribution is -1.94. The van der Waals surface area contributed by atoms with E-state index in [-0.39, 0.29) is 5.89 Å². The van der Waals surface area contributed by atoms with E-state index in [1.165, 1.54) is 0 Å². The number of aliphatic hydroxyl groups is 1. The van der Waals surface area contributed by atoms with Crippen molar-refractivity contribution in [3.8, 4) is 0 Å². The first-order chi connectivity index (χ1) is 8.06. The normalized spacial score (nSPS) is 12.7. The maximum Gasteiger partial charge on any atom is 0.255 e. The first kappa shape index (κ1) is 12.4. The zero-order valence-corrected chi connectivity index (χ0v) is 10.5. The summed E-state index contributed by atoms with van der Waals surface area (Å²) >= 11 is 11.8. The number of aromatic nitrogens is 2. The van der Waals surface area contributed by atoms with Gasteiger partial charge >= 0.3 is 0 Å². The lowest BCUT2D eigenvalue weighted by atomic mass is 10.1. The zero-order valence-electron chi connectivity index (χ0n) is 9.02. The molecule has 0 saturated carbocycles. The van der Waals surface area contributed by atoms with Crippen LogP contribution in [-0.4, -0.2) is 15.2 Å². The van der Waals surface area contributed by atoms with Crippen molar-refractivity contribution in [3.05, 3.63) is 45.5 Å². The largest absolute Gasteiger partial charge is 0.384 e. The van der Waals surface area contributed by atoms with Gasteiger partial charge in [0.25, 0.3) is 5.89 Å². The van der Waals surface area contributed by atoms with Gasteiger partial charge in [0.05, 0.1) is 0 Å². The van der Waals surface area contributed by atoms with Gasteiger partial charge in [0.2, 0.25) is 0 Å². The minimum Gasteiger partial charge on any atom is -0.384 e. The van der Waals surface area contributed by atoms with Crippen molar-refractivity contribution in [3.63, 3.8) is 0 Å². The summed E-state index contributed by atoms with van der Waals surface area (Å²) in [5.41, 5.74) is 0.856. The van der Waals surface area contributed by atoms with Crippen molar-refractivity contribution < 1.29 is 9.63 Å². The maximum absolute atomic E-state index is 9.25. The molecule has 90 valence electrons. The zero-order chi connectivity index (χ0) is 12.4. The number of rotatable bonds is 3. The molecule has 1 N–H and O–H groups in total. The second kappa shape index (κ2) is 5.04. The Balaban J connectivity index is 2.19. The highest BCUT2D eigenvalue weighted by atomic mass is 35.5. The van der Waals surface area contributed by atoms with Gasteiger partial charge in [-0.1, -0.05) is 34.4 Å². The first-order valence-electron chi connectivity index (χ1n) is 5.00. The van der Waals surface area contributed by atoms with E-state index >= 15 is 0 Å². The van der Waals surface area contributed by atoms with Crippen LogP contribution in [0.15, 0.2) is 22.7 Å². The molecule has 1 aromatic carbocycles. The van der Waals surface area contributed by atoms with Crippen molar-refractivity contribution in [1.82, 2.24) is 10.1 Å². The van der Waals surface area contributed by atoms with Gasteiger partial charge in [-0.2, -0.15) is 4.98 Å². The van der Waals surface area contributed by atoms with E-state index in [1.807, 2.05) is 6.07 Å². The van der Waals surface area contributed by atoms with Crippen LogP contribution in [0.1, 0.15) is 30.3 Å². The van der Waals surface area contributed by atoms with Crippen molar-refractivity contribution in [1.29, 1.82) is 0 Å². The molecule has 1 aromatic heterocycles. The fourth-order valence-electron chi connectivity index (χ4n) is 1.34. The maximum atomic E-state index is 9.25. The lowest BCUT2D eigenvalue weighted by Gasteiger charge is -2.00. The molecule has 0 aliphatic heterocycles.